The van der Waals surface area contributed by atoms with Crippen LogP contribution in [0.1, 0.15) is 32.1 Å². The average molecular weight is 198 g/mol. The van der Waals surface area contributed by atoms with E-state index in [1.807, 2.05) is 0 Å². The minimum Gasteiger partial charge on any atom is -0.370 e. The Morgan fingerprint density at radius 2 is 2.31 bits per heavy atom. The van der Waals surface area contributed by atoms with Gasteiger partial charge in [0.1, 0.15) is 0 Å². The first-order valence-corrected chi connectivity index (χ1v) is 6.48. The first-order chi connectivity index (χ1) is 6.45. The highest BCUT2D eigenvalue weighted by Gasteiger charge is 2.16. The van der Waals surface area contributed by atoms with Crippen molar-refractivity contribution in [3.8, 4) is 0 Å². The van der Waals surface area contributed by atoms with Crippen molar-refractivity contribution in [2.45, 2.75) is 38.1 Å². The lowest BCUT2D eigenvalue weighted by atomic mass is 10.2. The van der Waals surface area contributed by atoms with Crippen molar-refractivity contribution >= 4 is 17.6 Å². The summed E-state index contributed by atoms with van der Waals surface area (Å²) in [6.45, 7) is 1.04. The highest BCUT2D eigenvalue weighted by atomic mass is 32.2. The molecule has 0 bridgehead atoms. The topological polar surface area (TPSA) is 24.4 Å². The zero-order chi connectivity index (χ0) is 8.93. The van der Waals surface area contributed by atoms with Crippen molar-refractivity contribution in [2.24, 2.45) is 4.99 Å². The number of rotatable bonds is 1. The Morgan fingerprint density at radius 3 is 3.15 bits per heavy atom. The Kier molecular flexibility index (Phi) is 3.53. The second-order valence-electron chi connectivity index (χ2n) is 3.84. The molecule has 0 aliphatic carbocycles. The molecular formula is C10H18N2S. The fraction of sp³-hybridized carbons (Fsp3) is 0.900. The summed E-state index contributed by atoms with van der Waals surface area (Å²) in [4.78, 5) is 4.58. The van der Waals surface area contributed by atoms with Gasteiger partial charge in [-0.15, -0.1) is 0 Å². The Morgan fingerprint density at radius 1 is 1.31 bits per heavy atom. The summed E-state index contributed by atoms with van der Waals surface area (Å²) in [5, 5.41) is 3.59. The molecule has 2 heterocycles. The molecule has 1 saturated heterocycles. The molecule has 0 aromatic heterocycles. The molecule has 1 fully saturated rings. The second kappa shape index (κ2) is 4.89. The lowest BCUT2D eigenvalue weighted by Gasteiger charge is -2.13. The summed E-state index contributed by atoms with van der Waals surface area (Å²) in [6, 6.07) is 0.710. The molecule has 1 N–H and O–H groups in total. The number of thioether (sulfide) groups is 1. The average Bonchev–Trinajstić information content (AvgIpc) is 2.49. The van der Waals surface area contributed by atoms with Crippen molar-refractivity contribution in [2.75, 3.05) is 18.1 Å². The van der Waals surface area contributed by atoms with Crippen LogP contribution in [0.5, 0.6) is 0 Å². The molecule has 2 aliphatic rings. The van der Waals surface area contributed by atoms with Gasteiger partial charge in [-0.3, -0.25) is 4.99 Å². The maximum absolute atomic E-state index is 4.58. The van der Waals surface area contributed by atoms with E-state index in [9.17, 15) is 0 Å². The highest BCUT2D eigenvalue weighted by molar-refractivity contribution is 7.99. The first kappa shape index (κ1) is 9.38. The van der Waals surface area contributed by atoms with Gasteiger partial charge in [0.05, 0.1) is 5.84 Å². The molecule has 2 nitrogen and oxygen atoms in total. The van der Waals surface area contributed by atoms with Crippen LogP contribution in [0.2, 0.25) is 0 Å². The molecule has 0 aromatic carbocycles. The standard InChI is InChI=1S/C10H18N2S/c1-2-4-10(11-6-3-1)12-9-5-7-13-8-9/h9H,1-8H2,(H,11,12). The van der Waals surface area contributed by atoms with Crippen molar-refractivity contribution < 1.29 is 0 Å². The third-order valence-electron chi connectivity index (χ3n) is 2.67. The van der Waals surface area contributed by atoms with Crippen LogP contribution >= 0.6 is 11.8 Å². The third kappa shape index (κ3) is 2.90. The zero-order valence-electron chi connectivity index (χ0n) is 8.09. The molecule has 74 valence electrons. The van der Waals surface area contributed by atoms with Crippen molar-refractivity contribution in [3.05, 3.63) is 0 Å². The van der Waals surface area contributed by atoms with Crippen LogP contribution in [0, 0.1) is 0 Å². The summed E-state index contributed by atoms with van der Waals surface area (Å²) in [5.74, 6) is 3.88. The van der Waals surface area contributed by atoms with Gasteiger partial charge in [0.25, 0.3) is 0 Å². The molecule has 2 rings (SSSR count). The van der Waals surface area contributed by atoms with E-state index in [0.717, 1.165) is 6.54 Å². The van der Waals surface area contributed by atoms with Gasteiger partial charge in [-0.05, 0) is 25.0 Å². The van der Waals surface area contributed by atoms with E-state index in [0.29, 0.717) is 6.04 Å². The van der Waals surface area contributed by atoms with E-state index < -0.39 is 0 Å². The summed E-state index contributed by atoms with van der Waals surface area (Å²) in [7, 11) is 0. The predicted molar refractivity (Wildman–Crippen MR) is 59.6 cm³/mol. The van der Waals surface area contributed by atoms with Crippen LogP contribution < -0.4 is 5.32 Å². The van der Waals surface area contributed by atoms with Crippen LogP contribution in [0.4, 0.5) is 0 Å². The molecule has 13 heavy (non-hydrogen) atoms. The van der Waals surface area contributed by atoms with E-state index >= 15 is 0 Å². The molecule has 0 amide bonds. The summed E-state index contributed by atoms with van der Waals surface area (Å²) in [6.07, 6.45) is 6.47. The summed E-state index contributed by atoms with van der Waals surface area (Å²) < 4.78 is 0. The number of nitrogens with zero attached hydrogens (tertiary/aromatic N) is 1. The molecular weight excluding hydrogens is 180 g/mol. The molecule has 0 spiro atoms. The number of nitrogens with one attached hydrogen (secondary N) is 1. The monoisotopic (exact) mass is 198 g/mol. The van der Waals surface area contributed by atoms with Crippen LogP contribution in [0.25, 0.3) is 0 Å². The van der Waals surface area contributed by atoms with E-state index in [2.05, 4.69) is 22.1 Å². The van der Waals surface area contributed by atoms with Gasteiger partial charge in [0, 0.05) is 24.8 Å². The number of hydrogen-bond acceptors (Lipinski definition) is 3. The molecule has 0 radical (unpaired) electrons. The number of amidine groups is 1. The fourth-order valence-electron chi connectivity index (χ4n) is 1.88. The van der Waals surface area contributed by atoms with Gasteiger partial charge in [0.2, 0.25) is 0 Å². The Balaban J connectivity index is 1.81. The van der Waals surface area contributed by atoms with E-state index in [-0.39, 0.29) is 0 Å². The first-order valence-electron chi connectivity index (χ1n) is 5.33. The van der Waals surface area contributed by atoms with Crippen LogP contribution in [0.15, 0.2) is 4.99 Å². The molecule has 0 saturated carbocycles. The highest BCUT2D eigenvalue weighted by Crippen LogP contribution is 2.17. The van der Waals surface area contributed by atoms with Crippen LogP contribution in [-0.2, 0) is 0 Å². The van der Waals surface area contributed by atoms with Crippen molar-refractivity contribution in [3.63, 3.8) is 0 Å². The molecule has 1 unspecified atom stereocenters. The smallest absolute Gasteiger partial charge is 0.0965 e. The Labute approximate surface area is 84.6 Å². The van der Waals surface area contributed by atoms with E-state index in [1.165, 1.54) is 49.4 Å². The minimum absolute atomic E-state index is 0.710. The molecule has 1 atom stereocenters. The second-order valence-corrected chi connectivity index (χ2v) is 4.99. The van der Waals surface area contributed by atoms with Gasteiger partial charge < -0.3 is 5.32 Å². The minimum atomic E-state index is 0.710. The van der Waals surface area contributed by atoms with E-state index in [4.69, 9.17) is 0 Å². The van der Waals surface area contributed by atoms with Crippen molar-refractivity contribution in [1.29, 1.82) is 0 Å². The van der Waals surface area contributed by atoms with Crippen LogP contribution in [0.3, 0.4) is 0 Å². The zero-order valence-corrected chi connectivity index (χ0v) is 8.91. The number of hydrogen-bond donors (Lipinski definition) is 1. The van der Waals surface area contributed by atoms with Gasteiger partial charge in [-0.25, -0.2) is 0 Å². The molecule has 0 aromatic rings. The molecule has 3 heteroatoms. The number of aliphatic imine (C=N–C) groups is 1. The predicted octanol–water partition coefficient (Wildman–Crippen LogP) is 2.05. The summed E-state index contributed by atoms with van der Waals surface area (Å²) >= 11 is 2.06. The quantitative estimate of drug-likeness (QED) is 0.697. The van der Waals surface area contributed by atoms with Gasteiger partial charge in [-0.1, -0.05) is 6.42 Å². The summed E-state index contributed by atoms with van der Waals surface area (Å²) in [5.41, 5.74) is 0. The lowest BCUT2D eigenvalue weighted by Crippen LogP contribution is -2.34. The third-order valence-corrected chi connectivity index (χ3v) is 3.84. The Bertz CT molecular complexity index is 185. The normalized spacial score (nSPS) is 29.5. The molecule has 2 aliphatic heterocycles. The van der Waals surface area contributed by atoms with Gasteiger partial charge in [-0.2, -0.15) is 11.8 Å². The van der Waals surface area contributed by atoms with Gasteiger partial charge in [0.15, 0.2) is 0 Å². The van der Waals surface area contributed by atoms with E-state index in [1.54, 1.807) is 0 Å². The largest absolute Gasteiger partial charge is 0.370 e. The maximum atomic E-state index is 4.58. The van der Waals surface area contributed by atoms with Crippen LogP contribution in [-0.4, -0.2) is 29.9 Å². The maximum Gasteiger partial charge on any atom is 0.0965 e. The fourth-order valence-corrected chi connectivity index (χ4v) is 3.03. The Hall–Kier alpha value is -0.180. The lowest BCUT2D eigenvalue weighted by molar-refractivity contribution is 0.664. The van der Waals surface area contributed by atoms with Gasteiger partial charge >= 0.3 is 0 Å². The van der Waals surface area contributed by atoms with Crippen molar-refractivity contribution in [1.82, 2.24) is 5.32 Å². The SMILES string of the molecule is C1CCN=C(NC2CCSC2)CC1.